The van der Waals surface area contributed by atoms with Gasteiger partial charge in [-0.25, -0.2) is 4.98 Å². The molecule has 0 radical (unpaired) electrons. The lowest BCUT2D eigenvalue weighted by Gasteiger charge is -2.13. The van der Waals surface area contributed by atoms with E-state index in [1.54, 1.807) is 13.0 Å². The number of amides is 1. The van der Waals surface area contributed by atoms with E-state index in [1.165, 1.54) is 6.20 Å². The minimum atomic E-state index is -0.989. The molecule has 1 atom stereocenters. The monoisotopic (exact) mass is 482 g/mol. The first kappa shape index (κ1) is 25.2. The van der Waals surface area contributed by atoms with Crippen molar-refractivity contribution in [2.24, 2.45) is 7.05 Å². The molecule has 178 valence electrons. The van der Waals surface area contributed by atoms with E-state index in [9.17, 15) is 14.9 Å². The number of benzene rings is 1. The van der Waals surface area contributed by atoms with E-state index in [0.29, 0.717) is 46.8 Å². The van der Waals surface area contributed by atoms with Gasteiger partial charge in [0.2, 0.25) is 0 Å². The molecule has 8 nitrogen and oxygen atoms in total. The molecule has 1 amide bonds. The van der Waals surface area contributed by atoms with E-state index >= 15 is 0 Å². The average Bonchev–Trinajstić information content (AvgIpc) is 3.06. The minimum Gasteiger partial charge on any atom is -0.481 e. The molecule has 3 aromatic rings. The van der Waals surface area contributed by atoms with Crippen LogP contribution in [0.4, 0.5) is 0 Å². The van der Waals surface area contributed by atoms with Gasteiger partial charge in [0.25, 0.3) is 5.91 Å². The van der Waals surface area contributed by atoms with Gasteiger partial charge in [-0.1, -0.05) is 23.7 Å². The number of aromatic nitrogens is 2. The molecule has 2 aromatic heterocycles. The van der Waals surface area contributed by atoms with Gasteiger partial charge < -0.3 is 19.7 Å². The molecule has 0 aliphatic rings. The highest BCUT2D eigenvalue weighted by molar-refractivity contribution is 6.30. The number of aryl methyl sites for hydroxylation is 1. The maximum Gasteiger partial charge on any atom is 0.305 e. The maximum atomic E-state index is 13.1. The summed E-state index contributed by atoms with van der Waals surface area (Å²) in [5, 5.41) is 22.3. The number of hydrogen-bond donors (Lipinski definition) is 2. The Hall–Kier alpha value is -3.41. The molecule has 0 saturated carbocycles. The maximum absolute atomic E-state index is 13.1. The summed E-state index contributed by atoms with van der Waals surface area (Å²) in [6.45, 7) is 2.68. The van der Waals surface area contributed by atoms with Crippen molar-refractivity contribution >= 4 is 34.5 Å². The lowest BCUT2D eigenvalue weighted by molar-refractivity contribution is -0.137. The van der Waals surface area contributed by atoms with E-state index < -0.39 is 12.0 Å². The minimum absolute atomic E-state index is 0.183. The zero-order valence-corrected chi connectivity index (χ0v) is 19.9. The molecule has 0 unspecified atom stereocenters. The topological polar surface area (TPSA) is 117 Å². The number of ether oxygens (including phenoxy) is 1. The highest BCUT2D eigenvalue weighted by atomic mass is 35.5. The van der Waals surface area contributed by atoms with Crippen molar-refractivity contribution in [3.63, 3.8) is 0 Å². The zero-order valence-electron chi connectivity index (χ0n) is 19.2. The molecule has 0 aliphatic carbocycles. The number of carbonyl (C=O) groups excluding carboxylic acids is 1. The molecule has 34 heavy (non-hydrogen) atoms. The summed E-state index contributed by atoms with van der Waals surface area (Å²) in [4.78, 5) is 28.5. The van der Waals surface area contributed by atoms with Crippen molar-refractivity contribution in [2.45, 2.75) is 45.3 Å². The van der Waals surface area contributed by atoms with Crippen molar-refractivity contribution in [1.29, 1.82) is 5.26 Å². The summed E-state index contributed by atoms with van der Waals surface area (Å²) >= 11 is 6.00. The van der Waals surface area contributed by atoms with Crippen LogP contribution in [0.5, 0.6) is 0 Å². The summed E-state index contributed by atoms with van der Waals surface area (Å²) < 4.78 is 7.61. The largest absolute Gasteiger partial charge is 0.481 e. The first-order valence-corrected chi connectivity index (χ1v) is 11.4. The number of nitriles is 1. The van der Waals surface area contributed by atoms with E-state index in [-0.39, 0.29) is 12.3 Å². The van der Waals surface area contributed by atoms with Crippen molar-refractivity contribution in [2.75, 3.05) is 6.61 Å². The molecule has 2 heterocycles. The van der Waals surface area contributed by atoms with Gasteiger partial charge in [0.1, 0.15) is 11.7 Å². The quantitative estimate of drug-likeness (QED) is 0.395. The molecule has 2 N–H and O–H groups in total. The van der Waals surface area contributed by atoms with Crippen molar-refractivity contribution in [3.05, 3.63) is 63.9 Å². The van der Waals surface area contributed by atoms with Crippen LogP contribution >= 0.6 is 11.6 Å². The summed E-state index contributed by atoms with van der Waals surface area (Å²) in [6, 6.07) is 10.7. The second-order valence-electron chi connectivity index (χ2n) is 8.20. The van der Waals surface area contributed by atoms with E-state index in [1.807, 2.05) is 35.9 Å². The van der Waals surface area contributed by atoms with Crippen LogP contribution in [0.15, 0.2) is 36.5 Å². The smallest absolute Gasteiger partial charge is 0.305 e. The van der Waals surface area contributed by atoms with Gasteiger partial charge >= 0.3 is 5.97 Å². The standard InChI is InChI=1S/C25H27ClN4O4/c1-16(10-22(31)32)29-25(33)23-20-12-18(13-27)14-28-24(20)30(2)21(23)8-3-4-9-34-15-17-6-5-7-19(26)11-17/h5-7,11-12,14,16H,3-4,8-10,15H2,1-2H3,(H,29,33)(H,31,32)/t16-/m1/s1. The molecule has 0 saturated heterocycles. The molecular weight excluding hydrogens is 456 g/mol. The fourth-order valence-electron chi connectivity index (χ4n) is 3.89. The molecule has 0 spiro atoms. The van der Waals surface area contributed by atoms with Crippen LogP contribution in [0.2, 0.25) is 5.02 Å². The molecule has 3 rings (SSSR count). The number of unbranched alkanes of at least 4 members (excludes halogenated alkanes) is 1. The van der Waals surface area contributed by atoms with Crippen molar-refractivity contribution in [3.8, 4) is 6.07 Å². The summed E-state index contributed by atoms with van der Waals surface area (Å²) in [5.41, 5.74) is 3.18. The molecule has 0 fully saturated rings. The fourth-order valence-corrected chi connectivity index (χ4v) is 4.10. The summed E-state index contributed by atoms with van der Waals surface area (Å²) in [6.07, 6.45) is 3.46. The number of nitrogens with zero attached hydrogens (tertiary/aromatic N) is 3. The van der Waals surface area contributed by atoms with Crippen LogP contribution in [0.25, 0.3) is 11.0 Å². The normalized spacial score (nSPS) is 11.8. The van der Waals surface area contributed by atoms with Gasteiger partial charge in [0.05, 0.1) is 24.2 Å². The molecule has 0 bridgehead atoms. The molecule has 9 heteroatoms. The van der Waals surface area contributed by atoms with E-state index in [0.717, 1.165) is 24.1 Å². The van der Waals surface area contributed by atoms with Crippen LogP contribution in [-0.4, -0.2) is 39.2 Å². The Morgan fingerprint density at radius 1 is 1.32 bits per heavy atom. The van der Waals surface area contributed by atoms with Crippen molar-refractivity contribution < 1.29 is 19.4 Å². The van der Waals surface area contributed by atoms with Gasteiger partial charge in [-0.3, -0.25) is 9.59 Å². The highest BCUT2D eigenvalue weighted by Gasteiger charge is 2.23. The molecule has 0 aliphatic heterocycles. The zero-order chi connectivity index (χ0) is 24.7. The van der Waals surface area contributed by atoms with Crippen LogP contribution in [0.1, 0.15) is 53.4 Å². The number of aliphatic carboxylic acids is 1. The predicted molar refractivity (Wildman–Crippen MR) is 129 cm³/mol. The second-order valence-corrected chi connectivity index (χ2v) is 8.64. The Morgan fingerprint density at radius 3 is 2.82 bits per heavy atom. The Bertz CT molecular complexity index is 1230. The predicted octanol–water partition coefficient (Wildman–Crippen LogP) is 4.23. The highest BCUT2D eigenvalue weighted by Crippen LogP contribution is 2.26. The number of carboxylic acid groups (broad SMARTS) is 1. The summed E-state index contributed by atoms with van der Waals surface area (Å²) in [7, 11) is 1.84. The fraction of sp³-hybridized carbons (Fsp3) is 0.360. The number of carbonyl (C=O) groups is 2. The third-order valence-electron chi connectivity index (χ3n) is 5.47. The second kappa shape index (κ2) is 11.6. The third-order valence-corrected chi connectivity index (χ3v) is 5.71. The number of halogens is 1. The Kier molecular flexibility index (Phi) is 8.63. The van der Waals surface area contributed by atoms with E-state index in [2.05, 4.69) is 16.4 Å². The number of rotatable bonds is 11. The van der Waals surface area contributed by atoms with Crippen LogP contribution in [0.3, 0.4) is 0 Å². The van der Waals surface area contributed by atoms with Gasteiger partial charge in [-0.2, -0.15) is 5.26 Å². The van der Waals surface area contributed by atoms with Gasteiger partial charge in [-0.15, -0.1) is 0 Å². The number of carboxylic acids is 1. The lowest BCUT2D eigenvalue weighted by Crippen LogP contribution is -2.34. The number of nitrogens with one attached hydrogen (secondary N) is 1. The summed E-state index contributed by atoms with van der Waals surface area (Å²) in [5.74, 6) is -1.36. The van der Waals surface area contributed by atoms with Crippen molar-refractivity contribution in [1.82, 2.24) is 14.9 Å². The van der Waals surface area contributed by atoms with Crippen LogP contribution in [0, 0.1) is 11.3 Å². The van der Waals surface area contributed by atoms with Crippen LogP contribution < -0.4 is 5.32 Å². The molecule has 1 aromatic carbocycles. The Labute approximate surface area is 203 Å². The van der Waals surface area contributed by atoms with Gasteiger partial charge in [0.15, 0.2) is 0 Å². The average molecular weight is 483 g/mol. The molecular formula is C25H27ClN4O4. The van der Waals surface area contributed by atoms with Gasteiger partial charge in [-0.05, 0) is 49.9 Å². The number of fused-ring (bicyclic) bond motifs is 1. The van der Waals surface area contributed by atoms with Crippen LogP contribution in [-0.2, 0) is 29.6 Å². The first-order chi connectivity index (χ1) is 16.3. The lowest BCUT2D eigenvalue weighted by atomic mass is 10.1. The van der Waals surface area contributed by atoms with E-state index in [4.69, 9.17) is 21.4 Å². The Balaban J connectivity index is 1.71. The third kappa shape index (κ3) is 6.34. The number of hydrogen-bond acceptors (Lipinski definition) is 5. The Morgan fingerprint density at radius 2 is 2.12 bits per heavy atom. The first-order valence-electron chi connectivity index (χ1n) is 11.0. The van der Waals surface area contributed by atoms with Gasteiger partial charge in [0, 0.05) is 42.0 Å². The number of pyridine rings is 1. The SMILES string of the molecule is C[C@H](CC(=O)O)NC(=O)c1c(CCCCOCc2cccc(Cl)c2)n(C)c2ncc(C#N)cc12.